The predicted octanol–water partition coefficient (Wildman–Crippen LogP) is 3.27. The van der Waals surface area contributed by atoms with Gasteiger partial charge in [0, 0.05) is 17.1 Å². The highest BCUT2D eigenvalue weighted by atomic mass is 35.5. The number of aromatic nitrogens is 3. The van der Waals surface area contributed by atoms with Crippen molar-refractivity contribution in [3.8, 4) is 11.3 Å². The van der Waals surface area contributed by atoms with Crippen LogP contribution in [0.3, 0.4) is 0 Å². The van der Waals surface area contributed by atoms with Crippen molar-refractivity contribution in [2.24, 2.45) is 0 Å². The van der Waals surface area contributed by atoms with Crippen LogP contribution in [0.15, 0.2) is 71.9 Å². The number of rotatable bonds is 3. The Kier molecular flexibility index (Phi) is 4.28. The minimum Gasteiger partial charge on any atom is -0.369 e. The van der Waals surface area contributed by atoms with E-state index in [1.54, 1.807) is 54.9 Å². The van der Waals surface area contributed by atoms with Gasteiger partial charge in [0.15, 0.2) is 5.95 Å². The number of nitrogen functional groups attached to an aromatic ring is 1. The van der Waals surface area contributed by atoms with Crippen LogP contribution in [0.4, 0.5) is 5.95 Å². The number of aromatic amines is 1. The first-order chi connectivity index (χ1) is 11.6. The fourth-order valence-electron chi connectivity index (χ4n) is 2.77. The number of nitrogens with one attached hydrogen (secondary N) is 1. The van der Waals surface area contributed by atoms with Crippen molar-refractivity contribution in [3.05, 3.63) is 67.0 Å². The van der Waals surface area contributed by atoms with Crippen LogP contribution in [0, 0.1) is 0 Å². The van der Waals surface area contributed by atoms with Gasteiger partial charge in [-0.2, -0.15) is 0 Å². The minimum atomic E-state index is -3.65. The maximum atomic E-state index is 12.9. The molecule has 0 aliphatic rings. The minimum absolute atomic E-state index is 0. The monoisotopic (exact) mass is 374 g/mol. The van der Waals surface area contributed by atoms with Crippen molar-refractivity contribution in [1.82, 2.24) is 13.9 Å². The average Bonchev–Trinajstić information content (AvgIpc) is 3.22. The molecule has 4 rings (SSSR count). The first-order valence-electron chi connectivity index (χ1n) is 7.29. The third-order valence-electron chi connectivity index (χ3n) is 3.88. The fourth-order valence-corrected chi connectivity index (χ4v) is 4.13. The smallest absolute Gasteiger partial charge is 0.268 e. The van der Waals surface area contributed by atoms with Crippen LogP contribution in [0.2, 0.25) is 0 Å². The molecule has 8 heteroatoms. The van der Waals surface area contributed by atoms with E-state index in [0.717, 1.165) is 16.6 Å². The van der Waals surface area contributed by atoms with Gasteiger partial charge in [-0.1, -0.05) is 30.3 Å². The molecule has 2 aromatic heterocycles. The normalized spacial score (nSPS) is 11.4. The van der Waals surface area contributed by atoms with Crippen molar-refractivity contribution >= 4 is 39.3 Å². The van der Waals surface area contributed by atoms with Crippen molar-refractivity contribution in [1.29, 1.82) is 0 Å². The number of H-pyrrole nitrogens is 1. The van der Waals surface area contributed by atoms with Crippen LogP contribution in [-0.4, -0.2) is 22.4 Å². The van der Waals surface area contributed by atoms with Crippen LogP contribution in [0.25, 0.3) is 22.2 Å². The lowest BCUT2D eigenvalue weighted by Gasteiger charge is -2.08. The Labute approximate surface area is 150 Å². The summed E-state index contributed by atoms with van der Waals surface area (Å²) in [6.45, 7) is 0. The number of nitrogens with zero attached hydrogens (tertiary/aromatic N) is 2. The number of fused-ring (bicyclic) bond motifs is 1. The molecule has 0 saturated heterocycles. The van der Waals surface area contributed by atoms with E-state index in [1.165, 1.54) is 3.97 Å². The summed E-state index contributed by atoms with van der Waals surface area (Å²) in [4.78, 5) is 7.22. The molecule has 0 saturated carbocycles. The van der Waals surface area contributed by atoms with Crippen molar-refractivity contribution in [2.45, 2.75) is 4.90 Å². The third kappa shape index (κ3) is 2.77. The maximum Gasteiger partial charge on any atom is 0.268 e. The number of hydrogen-bond acceptors (Lipinski definition) is 4. The van der Waals surface area contributed by atoms with Crippen LogP contribution < -0.4 is 5.73 Å². The van der Waals surface area contributed by atoms with Crippen LogP contribution in [-0.2, 0) is 10.0 Å². The second-order valence-corrected chi connectivity index (χ2v) is 7.17. The number of halogens is 1. The first kappa shape index (κ1) is 17.1. The highest BCUT2D eigenvalue weighted by Crippen LogP contribution is 2.30. The van der Waals surface area contributed by atoms with Gasteiger partial charge in [-0.25, -0.2) is 17.4 Å². The molecule has 3 N–H and O–H groups in total. The largest absolute Gasteiger partial charge is 0.369 e. The van der Waals surface area contributed by atoms with E-state index in [2.05, 4.69) is 9.97 Å². The first-order valence-corrected chi connectivity index (χ1v) is 8.73. The predicted molar refractivity (Wildman–Crippen MR) is 100 cm³/mol. The molecular formula is C17H15ClN4O2S. The lowest BCUT2D eigenvalue weighted by Crippen LogP contribution is -2.11. The third-order valence-corrected chi connectivity index (χ3v) is 5.59. The molecule has 4 aromatic rings. The number of anilines is 1. The number of benzene rings is 2. The number of nitrogens with two attached hydrogens (primary N) is 1. The van der Waals surface area contributed by atoms with Gasteiger partial charge in [0.2, 0.25) is 0 Å². The number of hydrogen-bond donors (Lipinski definition) is 2. The molecule has 0 atom stereocenters. The van der Waals surface area contributed by atoms with E-state index in [9.17, 15) is 8.42 Å². The van der Waals surface area contributed by atoms with E-state index < -0.39 is 10.0 Å². The Morgan fingerprint density at radius 1 is 1.00 bits per heavy atom. The Morgan fingerprint density at radius 2 is 1.76 bits per heavy atom. The summed E-state index contributed by atoms with van der Waals surface area (Å²) in [5.74, 6) is 0.318. The lowest BCUT2D eigenvalue weighted by atomic mass is 10.1. The van der Waals surface area contributed by atoms with Gasteiger partial charge in [-0.05, 0) is 24.3 Å². The van der Waals surface area contributed by atoms with E-state index in [0.29, 0.717) is 11.5 Å². The molecule has 0 bridgehead atoms. The topological polar surface area (TPSA) is 93.8 Å². The quantitative estimate of drug-likeness (QED) is 0.575. The van der Waals surface area contributed by atoms with Crippen LogP contribution in [0.1, 0.15) is 0 Å². The van der Waals surface area contributed by atoms with E-state index >= 15 is 0 Å². The molecule has 25 heavy (non-hydrogen) atoms. The molecule has 0 unspecified atom stereocenters. The fraction of sp³-hybridized carbons (Fsp3) is 0. The Balaban J connectivity index is 0.00000182. The SMILES string of the molecule is Cl.Nc1ncc(-c2cccc3c2ccn3S(=O)(=O)c2ccccc2)[nH]1. The molecular weight excluding hydrogens is 360 g/mol. The second kappa shape index (κ2) is 6.27. The van der Waals surface area contributed by atoms with Gasteiger partial charge in [0.05, 0.1) is 22.3 Å². The summed E-state index contributed by atoms with van der Waals surface area (Å²) in [5.41, 5.74) is 7.83. The molecule has 6 nitrogen and oxygen atoms in total. The zero-order valence-electron chi connectivity index (χ0n) is 13.0. The van der Waals surface area contributed by atoms with Crippen LogP contribution >= 0.6 is 12.4 Å². The highest BCUT2D eigenvalue weighted by molar-refractivity contribution is 7.90. The zero-order valence-corrected chi connectivity index (χ0v) is 14.6. The van der Waals surface area contributed by atoms with E-state index in [4.69, 9.17) is 5.73 Å². The Hall–Kier alpha value is -2.77. The molecule has 0 spiro atoms. The summed E-state index contributed by atoms with van der Waals surface area (Å²) < 4.78 is 27.1. The molecule has 0 radical (unpaired) electrons. The average molecular weight is 375 g/mol. The second-order valence-electron chi connectivity index (χ2n) is 5.35. The van der Waals surface area contributed by atoms with Gasteiger partial charge >= 0.3 is 0 Å². The van der Waals surface area contributed by atoms with Gasteiger partial charge in [0.1, 0.15) is 0 Å². The molecule has 2 aromatic carbocycles. The zero-order chi connectivity index (χ0) is 16.7. The standard InChI is InChI=1S/C17H14N4O2S.ClH/c18-17-19-11-15(20-17)13-7-4-8-16-14(13)9-10-21(16)24(22,23)12-5-2-1-3-6-12;/h1-11H,(H3,18,19,20);1H. The molecule has 0 aliphatic carbocycles. The maximum absolute atomic E-state index is 12.9. The molecule has 0 fully saturated rings. The van der Waals surface area contributed by atoms with Gasteiger partial charge < -0.3 is 10.7 Å². The summed E-state index contributed by atoms with van der Waals surface area (Å²) in [6, 6.07) is 15.6. The summed E-state index contributed by atoms with van der Waals surface area (Å²) in [6.07, 6.45) is 3.20. The van der Waals surface area contributed by atoms with Gasteiger partial charge in [-0.3, -0.25) is 0 Å². The summed E-state index contributed by atoms with van der Waals surface area (Å²) in [5, 5.41) is 0.806. The van der Waals surface area contributed by atoms with Crippen molar-refractivity contribution < 1.29 is 8.42 Å². The van der Waals surface area contributed by atoms with Crippen LogP contribution in [0.5, 0.6) is 0 Å². The van der Waals surface area contributed by atoms with E-state index in [1.807, 2.05) is 12.1 Å². The number of imidazole rings is 1. The highest BCUT2D eigenvalue weighted by Gasteiger charge is 2.19. The van der Waals surface area contributed by atoms with Crippen molar-refractivity contribution in [2.75, 3.05) is 5.73 Å². The van der Waals surface area contributed by atoms with E-state index in [-0.39, 0.29) is 17.3 Å². The summed E-state index contributed by atoms with van der Waals surface area (Å²) >= 11 is 0. The van der Waals surface area contributed by atoms with Gasteiger partial charge in [-0.15, -0.1) is 12.4 Å². The van der Waals surface area contributed by atoms with Crippen molar-refractivity contribution in [3.63, 3.8) is 0 Å². The lowest BCUT2D eigenvalue weighted by molar-refractivity contribution is 0.589. The molecule has 2 heterocycles. The van der Waals surface area contributed by atoms with Gasteiger partial charge in [0.25, 0.3) is 10.0 Å². The molecule has 0 amide bonds. The Morgan fingerprint density at radius 3 is 2.44 bits per heavy atom. The summed E-state index contributed by atoms with van der Waals surface area (Å²) in [7, 11) is -3.65. The molecule has 0 aliphatic heterocycles. The molecule has 128 valence electrons. The Bertz CT molecular complexity index is 1130.